The third kappa shape index (κ3) is 4.82. The van der Waals surface area contributed by atoms with E-state index in [1.165, 1.54) is 0 Å². The Hall–Kier alpha value is -1.85. The molecule has 1 N–H and O–H groups in total. The summed E-state index contributed by atoms with van der Waals surface area (Å²) in [6, 6.07) is 14.8. The fraction of sp³-hybridized carbons (Fsp3) is 0.368. The van der Waals surface area contributed by atoms with Crippen molar-refractivity contribution in [3.63, 3.8) is 0 Å². The molecule has 2 aromatic carbocycles. The van der Waals surface area contributed by atoms with Crippen LogP contribution in [0.5, 0.6) is 5.75 Å². The van der Waals surface area contributed by atoms with Crippen LogP contribution < -0.4 is 4.74 Å². The van der Waals surface area contributed by atoms with Crippen LogP contribution in [0.4, 0.5) is 0 Å². The number of hydrogen-bond acceptors (Lipinski definition) is 4. The summed E-state index contributed by atoms with van der Waals surface area (Å²) in [6.07, 6.45) is -1.07. The van der Waals surface area contributed by atoms with Gasteiger partial charge in [-0.15, -0.1) is 0 Å². The smallest absolute Gasteiger partial charge is 0.159 e. The number of ether oxygens (including phenoxy) is 1. The predicted molar refractivity (Wildman–Crippen MR) is 96.1 cm³/mol. The average Bonchev–Trinajstić information content (AvgIpc) is 2.55. The van der Waals surface area contributed by atoms with Gasteiger partial charge in [-0.3, -0.25) is 0 Å². The molecule has 0 aliphatic heterocycles. The molecule has 0 spiro atoms. The van der Waals surface area contributed by atoms with Gasteiger partial charge in [0.25, 0.3) is 0 Å². The molecule has 2 rings (SSSR count). The van der Waals surface area contributed by atoms with Crippen LogP contribution in [0.25, 0.3) is 0 Å². The summed E-state index contributed by atoms with van der Waals surface area (Å²) in [5.41, 5.74) is 2.73. The molecule has 0 fully saturated rings. The quantitative estimate of drug-likeness (QED) is 0.834. The zero-order valence-electron chi connectivity index (χ0n) is 14.3. The van der Waals surface area contributed by atoms with Crippen molar-refractivity contribution in [3.05, 3.63) is 65.2 Å². The van der Waals surface area contributed by atoms with Crippen molar-refractivity contribution in [1.82, 2.24) is 0 Å². The molecule has 0 saturated heterocycles. The van der Waals surface area contributed by atoms with Crippen LogP contribution in [0, 0.1) is 13.8 Å². The number of aliphatic hydroxyl groups excluding tert-OH is 1. The van der Waals surface area contributed by atoms with E-state index in [4.69, 9.17) is 4.74 Å². The van der Waals surface area contributed by atoms with Crippen molar-refractivity contribution < 1.29 is 18.3 Å². The minimum Gasteiger partial charge on any atom is -0.491 e. The lowest BCUT2D eigenvalue weighted by molar-refractivity contribution is 0.124. The van der Waals surface area contributed by atoms with Gasteiger partial charge in [0, 0.05) is 0 Å². The SMILES string of the molecule is Cc1ccc(C)c(OCC(O)CS(=O)(=O)C(C)c2ccccc2)c1. The van der Waals surface area contributed by atoms with E-state index >= 15 is 0 Å². The number of rotatable bonds is 7. The number of hydrogen-bond donors (Lipinski definition) is 1. The molecule has 0 aliphatic rings. The van der Waals surface area contributed by atoms with Gasteiger partial charge in [-0.2, -0.15) is 0 Å². The molecular formula is C19H24O4S. The highest BCUT2D eigenvalue weighted by Gasteiger charge is 2.26. The van der Waals surface area contributed by atoms with Gasteiger partial charge in [0.1, 0.15) is 18.5 Å². The van der Waals surface area contributed by atoms with Crippen LogP contribution in [-0.2, 0) is 9.84 Å². The summed E-state index contributed by atoms with van der Waals surface area (Å²) < 4.78 is 30.5. The second-order valence-corrected chi connectivity index (χ2v) is 8.48. The molecule has 130 valence electrons. The summed E-state index contributed by atoms with van der Waals surface area (Å²) in [6.45, 7) is 5.46. The molecular weight excluding hydrogens is 324 g/mol. The van der Waals surface area contributed by atoms with E-state index in [1.807, 2.05) is 38.1 Å². The van der Waals surface area contributed by atoms with E-state index in [0.717, 1.165) is 16.7 Å². The predicted octanol–water partition coefficient (Wildman–Crippen LogP) is 3.22. The van der Waals surface area contributed by atoms with E-state index in [1.54, 1.807) is 31.2 Å². The molecule has 0 radical (unpaired) electrons. The number of sulfone groups is 1. The van der Waals surface area contributed by atoms with Crippen molar-refractivity contribution in [2.24, 2.45) is 0 Å². The molecule has 0 bridgehead atoms. The third-order valence-electron chi connectivity index (χ3n) is 4.01. The number of benzene rings is 2. The van der Waals surface area contributed by atoms with Crippen molar-refractivity contribution in [2.45, 2.75) is 32.1 Å². The Kier molecular flexibility index (Phi) is 6.02. The molecule has 4 nitrogen and oxygen atoms in total. The average molecular weight is 348 g/mol. The molecule has 5 heteroatoms. The Labute approximate surface area is 144 Å². The van der Waals surface area contributed by atoms with Gasteiger partial charge in [-0.25, -0.2) is 8.42 Å². The van der Waals surface area contributed by atoms with Gasteiger partial charge < -0.3 is 9.84 Å². The molecule has 2 aromatic rings. The molecule has 2 atom stereocenters. The third-order valence-corrected chi connectivity index (χ3v) is 6.21. The Morgan fingerprint density at radius 2 is 1.75 bits per heavy atom. The highest BCUT2D eigenvalue weighted by atomic mass is 32.2. The van der Waals surface area contributed by atoms with Crippen LogP contribution in [0.1, 0.15) is 28.9 Å². The van der Waals surface area contributed by atoms with Gasteiger partial charge in [0.15, 0.2) is 9.84 Å². The lowest BCUT2D eigenvalue weighted by atomic mass is 10.1. The molecule has 0 aliphatic carbocycles. The molecule has 2 unspecified atom stereocenters. The van der Waals surface area contributed by atoms with Crippen molar-refractivity contribution >= 4 is 9.84 Å². The van der Waals surface area contributed by atoms with Gasteiger partial charge in [-0.05, 0) is 43.5 Å². The van der Waals surface area contributed by atoms with E-state index in [9.17, 15) is 13.5 Å². The zero-order valence-corrected chi connectivity index (χ0v) is 15.1. The molecule has 0 saturated carbocycles. The summed E-state index contributed by atoms with van der Waals surface area (Å²) in [5.74, 6) is 0.344. The Morgan fingerprint density at radius 3 is 2.42 bits per heavy atom. The standard InChI is InChI=1S/C19H24O4S/c1-14-9-10-15(2)19(11-14)23-12-18(20)13-24(21,22)16(3)17-7-5-4-6-8-17/h4-11,16,18,20H,12-13H2,1-3H3. The fourth-order valence-corrected chi connectivity index (χ4v) is 3.93. The second-order valence-electron chi connectivity index (χ2n) is 6.12. The summed E-state index contributed by atoms with van der Waals surface area (Å²) >= 11 is 0. The summed E-state index contributed by atoms with van der Waals surface area (Å²) in [5, 5.41) is 9.44. The first-order chi connectivity index (χ1) is 11.3. The molecule has 0 amide bonds. The van der Waals surface area contributed by atoms with Crippen LogP contribution in [-0.4, -0.2) is 32.0 Å². The zero-order chi connectivity index (χ0) is 17.7. The lowest BCUT2D eigenvalue weighted by Gasteiger charge is -2.18. The maximum atomic E-state index is 12.5. The van der Waals surface area contributed by atoms with Crippen LogP contribution in [0.15, 0.2) is 48.5 Å². The molecule has 0 heterocycles. The van der Waals surface area contributed by atoms with E-state index in [-0.39, 0.29) is 12.4 Å². The Balaban J connectivity index is 1.98. The number of aryl methyl sites for hydroxylation is 2. The van der Waals surface area contributed by atoms with E-state index in [2.05, 4.69) is 0 Å². The van der Waals surface area contributed by atoms with Crippen LogP contribution >= 0.6 is 0 Å². The monoisotopic (exact) mass is 348 g/mol. The minimum atomic E-state index is -3.47. The lowest BCUT2D eigenvalue weighted by Crippen LogP contribution is -2.29. The van der Waals surface area contributed by atoms with Gasteiger partial charge in [0.05, 0.1) is 11.0 Å². The van der Waals surface area contributed by atoms with Crippen molar-refractivity contribution in [1.29, 1.82) is 0 Å². The van der Waals surface area contributed by atoms with Crippen molar-refractivity contribution in [2.75, 3.05) is 12.4 Å². The molecule has 24 heavy (non-hydrogen) atoms. The number of aliphatic hydroxyl groups is 1. The normalized spacial score (nSPS) is 14.2. The largest absolute Gasteiger partial charge is 0.491 e. The summed E-state index contributed by atoms with van der Waals surface area (Å²) in [7, 11) is -3.47. The van der Waals surface area contributed by atoms with Crippen LogP contribution in [0.3, 0.4) is 0 Å². The Morgan fingerprint density at radius 1 is 1.08 bits per heavy atom. The first-order valence-electron chi connectivity index (χ1n) is 7.94. The highest BCUT2D eigenvalue weighted by Crippen LogP contribution is 2.23. The first-order valence-corrected chi connectivity index (χ1v) is 9.66. The maximum Gasteiger partial charge on any atom is 0.159 e. The maximum absolute atomic E-state index is 12.5. The van der Waals surface area contributed by atoms with E-state index in [0.29, 0.717) is 5.75 Å². The summed E-state index contributed by atoms with van der Waals surface area (Å²) in [4.78, 5) is 0. The second kappa shape index (κ2) is 7.81. The minimum absolute atomic E-state index is 0.0506. The Bertz CT molecular complexity index is 769. The van der Waals surface area contributed by atoms with Gasteiger partial charge >= 0.3 is 0 Å². The van der Waals surface area contributed by atoms with Gasteiger partial charge in [-0.1, -0.05) is 42.5 Å². The fourth-order valence-electron chi connectivity index (χ4n) is 2.44. The highest BCUT2D eigenvalue weighted by molar-refractivity contribution is 7.91. The van der Waals surface area contributed by atoms with Crippen molar-refractivity contribution in [3.8, 4) is 5.75 Å². The van der Waals surface area contributed by atoms with Gasteiger partial charge in [0.2, 0.25) is 0 Å². The van der Waals surface area contributed by atoms with Crippen LogP contribution in [0.2, 0.25) is 0 Å². The van der Waals surface area contributed by atoms with E-state index < -0.39 is 21.2 Å². The first kappa shape index (κ1) is 18.5. The molecule has 0 aromatic heterocycles. The topological polar surface area (TPSA) is 63.6 Å².